The Balaban J connectivity index is 1.67. The van der Waals surface area contributed by atoms with Gasteiger partial charge < -0.3 is 14.8 Å². The molecule has 0 aliphatic rings. The number of H-pyrrole nitrogens is 1. The number of para-hydroxylation sites is 1. The lowest BCUT2D eigenvalue weighted by molar-refractivity contribution is 0.354. The number of benzene rings is 2. The average Bonchev–Trinajstić information content (AvgIpc) is 2.79. The van der Waals surface area contributed by atoms with Crippen molar-refractivity contribution < 1.29 is 9.47 Å². The fourth-order valence-corrected chi connectivity index (χ4v) is 3.28. The van der Waals surface area contributed by atoms with Gasteiger partial charge in [-0.05, 0) is 36.8 Å². The molecule has 2 aromatic heterocycles. The molecule has 2 N–H and O–H groups in total. The molecule has 0 saturated heterocycles. The lowest BCUT2D eigenvalue weighted by Crippen LogP contribution is -2.34. The Labute approximate surface area is 177 Å². The van der Waals surface area contributed by atoms with E-state index in [9.17, 15) is 9.59 Å². The maximum Gasteiger partial charge on any atom is 0.334 e. The molecule has 1 atom stereocenters. The summed E-state index contributed by atoms with van der Waals surface area (Å²) in [6.07, 6.45) is 1.41. The van der Waals surface area contributed by atoms with E-state index in [1.807, 2.05) is 31.2 Å². The Morgan fingerprint density at radius 1 is 1.03 bits per heavy atom. The first-order chi connectivity index (χ1) is 15.0. The molecule has 0 aliphatic carbocycles. The molecule has 31 heavy (non-hydrogen) atoms. The largest absolute Gasteiger partial charge is 0.493 e. The van der Waals surface area contributed by atoms with Crippen molar-refractivity contribution >= 4 is 17.0 Å². The second-order valence-corrected chi connectivity index (χ2v) is 6.84. The molecule has 0 unspecified atom stereocenters. The summed E-state index contributed by atoms with van der Waals surface area (Å²) in [4.78, 5) is 36.6. The molecule has 9 heteroatoms. The van der Waals surface area contributed by atoms with Gasteiger partial charge >= 0.3 is 5.69 Å². The van der Waals surface area contributed by atoms with Gasteiger partial charge in [-0.2, -0.15) is 4.98 Å². The molecule has 0 amide bonds. The van der Waals surface area contributed by atoms with E-state index in [4.69, 9.17) is 9.47 Å². The summed E-state index contributed by atoms with van der Waals surface area (Å²) < 4.78 is 11.7. The summed E-state index contributed by atoms with van der Waals surface area (Å²) in [5.41, 5.74) is 0.513. The second-order valence-electron chi connectivity index (χ2n) is 6.84. The van der Waals surface area contributed by atoms with Crippen LogP contribution < -0.4 is 26.0 Å². The van der Waals surface area contributed by atoms with Crippen molar-refractivity contribution in [2.24, 2.45) is 0 Å². The fraction of sp³-hybridized carbons (Fsp3) is 0.182. The van der Waals surface area contributed by atoms with E-state index in [1.165, 1.54) is 6.20 Å². The van der Waals surface area contributed by atoms with Crippen molar-refractivity contribution in [3.63, 3.8) is 0 Å². The van der Waals surface area contributed by atoms with Gasteiger partial charge in [0.05, 0.1) is 25.9 Å². The Bertz CT molecular complexity index is 1350. The minimum Gasteiger partial charge on any atom is -0.493 e. The van der Waals surface area contributed by atoms with Crippen LogP contribution in [0.4, 0.5) is 5.95 Å². The molecule has 2 aromatic carbocycles. The summed E-state index contributed by atoms with van der Waals surface area (Å²) in [6.45, 7) is 1.94. The van der Waals surface area contributed by atoms with Crippen LogP contribution in [0.1, 0.15) is 18.5 Å². The second kappa shape index (κ2) is 8.31. The van der Waals surface area contributed by atoms with E-state index < -0.39 is 11.2 Å². The minimum atomic E-state index is -0.568. The lowest BCUT2D eigenvalue weighted by atomic mass is 10.1. The quantitative estimate of drug-likeness (QED) is 0.494. The number of methoxy groups -OCH3 is 2. The van der Waals surface area contributed by atoms with Crippen LogP contribution in [0.3, 0.4) is 0 Å². The van der Waals surface area contributed by atoms with Crippen molar-refractivity contribution in [3.8, 4) is 17.2 Å². The van der Waals surface area contributed by atoms with Crippen molar-refractivity contribution in [3.05, 3.63) is 81.1 Å². The van der Waals surface area contributed by atoms with Gasteiger partial charge in [0.2, 0.25) is 5.95 Å². The van der Waals surface area contributed by atoms with E-state index in [0.717, 1.165) is 10.1 Å². The van der Waals surface area contributed by atoms with Gasteiger partial charge in [0.15, 0.2) is 17.1 Å². The third kappa shape index (κ3) is 3.85. The van der Waals surface area contributed by atoms with Crippen LogP contribution >= 0.6 is 0 Å². The van der Waals surface area contributed by atoms with Crippen molar-refractivity contribution in [2.45, 2.75) is 13.0 Å². The molecule has 0 fully saturated rings. The Hall–Kier alpha value is -4.14. The Morgan fingerprint density at radius 2 is 1.77 bits per heavy atom. The Kier molecular flexibility index (Phi) is 5.40. The number of aromatic nitrogens is 4. The molecule has 0 aliphatic heterocycles. The number of fused-ring (bicyclic) bond motifs is 1. The zero-order chi connectivity index (χ0) is 22.0. The number of ether oxygens (including phenoxy) is 2. The van der Waals surface area contributed by atoms with Crippen LogP contribution in [0, 0.1) is 0 Å². The van der Waals surface area contributed by atoms with E-state index in [1.54, 1.807) is 38.5 Å². The number of rotatable bonds is 6. The average molecular weight is 419 g/mol. The molecule has 9 nitrogen and oxygen atoms in total. The van der Waals surface area contributed by atoms with Crippen LogP contribution in [0.25, 0.3) is 16.7 Å². The van der Waals surface area contributed by atoms with Gasteiger partial charge in [-0.25, -0.2) is 14.3 Å². The molecular formula is C22H21N5O4. The summed E-state index contributed by atoms with van der Waals surface area (Å²) in [6, 6.07) is 14.1. The predicted molar refractivity (Wildman–Crippen MR) is 117 cm³/mol. The highest BCUT2D eigenvalue weighted by molar-refractivity contribution is 5.73. The molecule has 0 radical (unpaired) electrons. The molecule has 0 saturated carbocycles. The molecule has 158 valence electrons. The number of nitrogens with one attached hydrogen (secondary N) is 2. The number of hydrogen-bond acceptors (Lipinski definition) is 7. The SMILES string of the molecule is COc1ccc([C@H](C)Nc2ncc3c(=O)n(-c4ccccc4)c(=O)[nH]c3n2)cc1OC. The highest BCUT2D eigenvalue weighted by Gasteiger charge is 2.14. The van der Waals surface area contributed by atoms with Gasteiger partial charge in [-0.15, -0.1) is 0 Å². The zero-order valence-electron chi connectivity index (χ0n) is 17.2. The third-order valence-corrected chi connectivity index (χ3v) is 4.92. The predicted octanol–water partition coefficient (Wildman–Crippen LogP) is 2.66. The highest BCUT2D eigenvalue weighted by atomic mass is 16.5. The third-order valence-electron chi connectivity index (χ3n) is 4.92. The van der Waals surface area contributed by atoms with Gasteiger partial charge in [-0.1, -0.05) is 24.3 Å². The molecule has 2 heterocycles. The van der Waals surface area contributed by atoms with E-state index >= 15 is 0 Å². The van der Waals surface area contributed by atoms with Gasteiger partial charge in [-0.3, -0.25) is 9.78 Å². The molecule has 4 rings (SSSR count). The minimum absolute atomic E-state index is 0.166. The van der Waals surface area contributed by atoms with Crippen LogP contribution in [-0.2, 0) is 0 Å². The van der Waals surface area contributed by atoms with Gasteiger partial charge in [0, 0.05) is 6.20 Å². The summed E-state index contributed by atoms with van der Waals surface area (Å²) in [5.74, 6) is 1.52. The first-order valence-corrected chi connectivity index (χ1v) is 9.57. The van der Waals surface area contributed by atoms with E-state index in [-0.39, 0.29) is 23.0 Å². The fourth-order valence-electron chi connectivity index (χ4n) is 3.28. The highest BCUT2D eigenvalue weighted by Crippen LogP contribution is 2.30. The summed E-state index contributed by atoms with van der Waals surface area (Å²) in [7, 11) is 3.15. The molecule has 0 bridgehead atoms. The normalized spacial score (nSPS) is 11.8. The molecular weight excluding hydrogens is 398 g/mol. The van der Waals surface area contributed by atoms with Crippen molar-refractivity contribution in [1.82, 2.24) is 19.5 Å². The monoisotopic (exact) mass is 419 g/mol. The van der Waals surface area contributed by atoms with Crippen LogP contribution in [-0.4, -0.2) is 33.7 Å². The maximum absolute atomic E-state index is 12.9. The van der Waals surface area contributed by atoms with Crippen LogP contribution in [0.5, 0.6) is 11.5 Å². The number of nitrogens with zero attached hydrogens (tertiary/aromatic N) is 3. The van der Waals surface area contributed by atoms with E-state index in [0.29, 0.717) is 17.2 Å². The number of aromatic amines is 1. The summed E-state index contributed by atoms with van der Waals surface area (Å²) in [5, 5.41) is 3.39. The Morgan fingerprint density at radius 3 is 2.48 bits per heavy atom. The van der Waals surface area contributed by atoms with Crippen molar-refractivity contribution in [1.29, 1.82) is 0 Å². The number of anilines is 1. The van der Waals surface area contributed by atoms with Crippen molar-refractivity contribution in [2.75, 3.05) is 19.5 Å². The maximum atomic E-state index is 12.9. The molecule has 4 aromatic rings. The molecule has 0 spiro atoms. The zero-order valence-corrected chi connectivity index (χ0v) is 17.2. The van der Waals surface area contributed by atoms with Gasteiger partial charge in [0.25, 0.3) is 5.56 Å². The van der Waals surface area contributed by atoms with Crippen LogP contribution in [0.2, 0.25) is 0 Å². The van der Waals surface area contributed by atoms with E-state index in [2.05, 4.69) is 20.3 Å². The topological polar surface area (TPSA) is 111 Å². The summed E-state index contributed by atoms with van der Waals surface area (Å²) >= 11 is 0. The standard InChI is InChI=1S/C22H21N5O4/c1-13(14-9-10-17(30-2)18(11-14)31-3)24-21-23-12-16-19(25-21)26-22(29)27(20(16)28)15-7-5-4-6-8-15/h4-13H,1-3H3,(H2,23,24,25,26,29)/t13-/m0/s1. The smallest absolute Gasteiger partial charge is 0.334 e. The number of hydrogen-bond donors (Lipinski definition) is 2. The first kappa shape index (κ1) is 20.1. The van der Waals surface area contributed by atoms with Crippen LogP contribution in [0.15, 0.2) is 64.3 Å². The van der Waals surface area contributed by atoms with Gasteiger partial charge in [0.1, 0.15) is 5.39 Å². The lowest BCUT2D eigenvalue weighted by Gasteiger charge is -2.16. The first-order valence-electron chi connectivity index (χ1n) is 9.57.